The van der Waals surface area contributed by atoms with E-state index in [-0.39, 0.29) is 5.75 Å². The van der Waals surface area contributed by atoms with E-state index in [9.17, 15) is 18.4 Å². The minimum atomic E-state index is -4.32. The Labute approximate surface area is 210 Å². The van der Waals surface area contributed by atoms with Gasteiger partial charge >= 0.3 is 18.2 Å². The number of benzene rings is 3. The van der Waals surface area contributed by atoms with Gasteiger partial charge in [-0.25, -0.2) is 9.59 Å². The quantitative estimate of drug-likeness (QED) is 0.273. The van der Waals surface area contributed by atoms with Gasteiger partial charge in [0.15, 0.2) is 5.76 Å². The van der Waals surface area contributed by atoms with E-state index in [4.69, 9.17) is 14.4 Å². The van der Waals surface area contributed by atoms with Crippen LogP contribution in [0.4, 0.5) is 19.3 Å². The molecule has 4 aromatic rings. The van der Waals surface area contributed by atoms with Gasteiger partial charge in [-0.2, -0.15) is 8.78 Å². The number of aryl methyl sites for hydroxylation is 1. The summed E-state index contributed by atoms with van der Waals surface area (Å²) in [7, 11) is 0. The van der Waals surface area contributed by atoms with Crippen LogP contribution in [0, 0.1) is 6.92 Å². The van der Waals surface area contributed by atoms with Crippen LogP contribution in [0.2, 0.25) is 0 Å². The molecule has 8 nitrogen and oxygen atoms in total. The van der Waals surface area contributed by atoms with Crippen molar-refractivity contribution in [3.05, 3.63) is 90.1 Å². The smallest absolute Gasteiger partial charge is 0.474 e. The van der Waals surface area contributed by atoms with E-state index in [2.05, 4.69) is 15.2 Å². The Bertz CT molecular complexity index is 1390. The zero-order valence-electron chi connectivity index (χ0n) is 19.8. The van der Waals surface area contributed by atoms with Crippen molar-refractivity contribution < 1.29 is 37.5 Å². The molecule has 0 aliphatic rings. The molecule has 0 aliphatic heterocycles. The van der Waals surface area contributed by atoms with Gasteiger partial charge < -0.3 is 19.1 Å². The summed E-state index contributed by atoms with van der Waals surface area (Å²) in [5.74, 6) is -2.32. The van der Waals surface area contributed by atoms with Gasteiger partial charge in [0, 0.05) is 5.56 Å². The van der Waals surface area contributed by atoms with Crippen LogP contribution in [0.15, 0.2) is 83.4 Å². The fourth-order valence-electron chi connectivity index (χ4n) is 3.52. The molecule has 37 heavy (non-hydrogen) atoms. The number of amides is 1. The molecule has 1 atom stereocenters. The van der Waals surface area contributed by atoms with E-state index in [0.717, 1.165) is 11.1 Å². The zero-order chi connectivity index (χ0) is 26.6. The van der Waals surface area contributed by atoms with Gasteiger partial charge in [0.25, 0.3) is 0 Å². The lowest BCUT2D eigenvalue weighted by Crippen LogP contribution is -2.34. The molecule has 0 radical (unpaired) electrons. The molecule has 3 aromatic carbocycles. The number of rotatable bonds is 8. The first-order valence-electron chi connectivity index (χ1n) is 11.1. The van der Waals surface area contributed by atoms with E-state index in [1.165, 1.54) is 24.3 Å². The van der Waals surface area contributed by atoms with Crippen LogP contribution in [0.3, 0.4) is 0 Å². The minimum Gasteiger partial charge on any atom is -0.474 e. The van der Waals surface area contributed by atoms with Gasteiger partial charge in [-0.05, 0) is 42.7 Å². The number of ether oxygens (including phenoxy) is 2. The summed E-state index contributed by atoms with van der Waals surface area (Å²) in [5.41, 5.74) is 3.77. The van der Waals surface area contributed by atoms with Gasteiger partial charge in [0.05, 0.1) is 0 Å². The highest BCUT2D eigenvalue weighted by molar-refractivity contribution is 5.91. The second kappa shape index (κ2) is 10.5. The van der Waals surface area contributed by atoms with Crippen molar-refractivity contribution in [3.63, 3.8) is 0 Å². The number of hydrogen-bond acceptors (Lipinski definition) is 6. The molecule has 4 rings (SSSR count). The topological polar surface area (TPSA) is 111 Å². The summed E-state index contributed by atoms with van der Waals surface area (Å²) in [6.07, 6.45) is -5.44. The summed E-state index contributed by atoms with van der Waals surface area (Å²) in [5, 5.41) is 15.1. The molecule has 1 amide bonds. The predicted molar refractivity (Wildman–Crippen MR) is 130 cm³/mol. The lowest BCUT2D eigenvalue weighted by atomic mass is 10.0. The maximum atomic E-state index is 13.2. The van der Waals surface area contributed by atoms with Gasteiger partial charge in [-0.3, -0.25) is 5.32 Å². The summed E-state index contributed by atoms with van der Waals surface area (Å²) < 4.78 is 41.6. The van der Waals surface area contributed by atoms with Crippen LogP contribution < -0.4 is 10.1 Å². The van der Waals surface area contributed by atoms with E-state index in [1.807, 2.05) is 30.3 Å². The number of carbonyl (C=O) groups excluding carboxylic acids is 1. The van der Waals surface area contributed by atoms with Crippen LogP contribution in [0.1, 0.15) is 24.3 Å². The van der Waals surface area contributed by atoms with Crippen LogP contribution in [-0.4, -0.2) is 28.4 Å². The molecule has 10 heteroatoms. The Morgan fingerprint density at radius 3 is 2.11 bits per heavy atom. The number of halogens is 2. The second-order valence-electron chi connectivity index (χ2n) is 8.08. The fraction of sp³-hybridized carbons (Fsp3) is 0.148. The Morgan fingerprint density at radius 1 is 0.946 bits per heavy atom. The maximum Gasteiger partial charge on any atom is 0.501 e. The van der Waals surface area contributed by atoms with Crippen molar-refractivity contribution in [1.82, 2.24) is 5.16 Å². The summed E-state index contributed by atoms with van der Waals surface area (Å²) in [4.78, 5) is 23.1. The third-order valence-electron chi connectivity index (χ3n) is 5.47. The molecule has 0 saturated heterocycles. The van der Waals surface area contributed by atoms with Crippen molar-refractivity contribution in [2.45, 2.75) is 26.1 Å². The standard InChI is InChI=1S/C27H22F2N2O6/c1-16-23(30-26(34)35-17(2)18-6-4-3-5-7-18)24(37-31-16)21-10-8-19(9-11-21)20-12-14-22(15-13-20)36-27(28,29)25(32)33/h3-15,17H,1-2H3,(H,30,34)(H,32,33)/t17-/m1/s1. The average Bonchev–Trinajstić information content (AvgIpc) is 3.24. The fourth-order valence-corrected chi connectivity index (χ4v) is 3.52. The molecule has 0 aliphatic carbocycles. The zero-order valence-corrected chi connectivity index (χ0v) is 19.8. The number of aromatic nitrogens is 1. The molecular formula is C27H22F2N2O6. The van der Waals surface area contributed by atoms with Crippen molar-refractivity contribution in [2.75, 3.05) is 5.32 Å². The van der Waals surface area contributed by atoms with Crippen LogP contribution in [0.25, 0.3) is 22.5 Å². The maximum absolute atomic E-state index is 13.2. The van der Waals surface area contributed by atoms with Gasteiger partial charge in [0.2, 0.25) is 0 Å². The van der Waals surface area contributed by atoms with Crippen molar-refractivity contribution in [3.8, 4) is 28.2 Å². The molecule has 2 N–H and O–H groups in total. The van der Waals surface area contributed by atoms with E-state index < -0.39 is 24.3 Å². The number of carboxylic acid groups (broad SMARTS) is 1. The Kier molecular flexibility index (Phi) is 7.19. The number of hydrogen-bond donors (Lipinski definition) is 2. The molecule has 0 bridgehead atoms. The number of anilines is 1. The van der Waals surface area contributed by atoms with Crippen molar-refractivity contribution in [2.24, 2.45) is 0 Å². The molecule has 0 unspecified atom stereocenters. The first-order valence-corrected chi connectivity index (χ1v) is 11.1. The molecule has 1 heterocycles. The van der Waals surface area contributed by atoms with Gasteiger partial charge in [0.1, 0.15) is 23.2 Å². The second-order valence-corrected chi connectivity index (χ2v) is 8.08. The lowest BCUT2D eigenvalue weighted by molar-refractivity contribution is -0.210. The average molecular weight is 508 g/mol. The van der Waals surface area contributed by atoms with Crippen LogP contribution in [0.5, 0.6) is 5.75 Å². The van der Waals surface area contributed by atoms with E-state index >= 15 is 0 Å². The summed E-state index contributed by atoms with van der Waals surface area (Å²) in [6.45, 7) is 3.46. The Morgan fingerprint density at radius 2 is 1.51 bits per heavy atom. The third kappa shape index (κ3) is 5.92. The highest BCUT2D eigenvalue weighted by atomic mass is 19.3. The highest BCUT2D eigenvalue weighted by Crippen LogP contribution is 2.33. The minimum absolute atomic E-state index is 0.283. The van der Waals surface area contributed by atoms with Crippen LogP contribution in [-0.2, 0) is 9.53 Å². The largest absolute Gasteiger partial charge is 0.501 e. The van der Waals surface area contributed by atoms with Gasteiger partial charge in [-0.1, -0.05) is 71.9 Å². The third-order valence-corrected chi connectivity index (χ3v) is 5.47. The first kappa shape index (κ1) is 25.4. The highest BCUT2D eigenvalue weighted by Gasteiger charge is 2.42. The number of carboxylic acids is 1. The monoisotopic (exact) mass is 508 g/mol. The number of nitrogens with zero attached hydrogens (tertiary/aromatic N) is 1. The Balaban J connectivity index is 1.46. The molecular weight excluding hydrogens is 486 g/mol. The first-order chi connectivity index (χ1) is 17.6. The number of alkyl halides is 2. The molecule has 190 valence electrons. The van der Waals surface area contributed by atoms with Crippen molar-refractivity contribution >= 4 is 17.7 Å². The van der Waals surface area contributed by atoms with Crippen molar-refractivity contribution in [1.29, 1.82) is 0 Å². The predicted octanol–water partition coefficient (Wildman–Crippen LogP) is 6.68. The van der Waals surface area contributed by atoms with E-state index in [1.54, 1.807) is 38.1 Å². The summed E-state index contributed by atoms with van der Waals surface area (Å²) in [6, 6.07) is 21.9. The number of carbonyl (C=O) groups is 2. The molecule has 1 aromatic heterocycles. The molecule has 0 fully saturated rings. The van der Waals surface area contributed by atoms with E-state index in [0.29, 0.717) is 28.3 Å². The van der Waals surface area contributed by atoms with Crippen LogP contribution >= 0.6 is 0 Å². The van der Waals surface area contributed by atoms with Gasteiger partial charge in [-0.15, -0.1) is 0 Å². The molecule has 0 spiro atoms. The SMILES string of the molecule is Cc1noc(-c2ccc(-c3ccc(OC(F)(F)C(=O)O)cc3)cc2)c1NC(=O)O[C@H](C)c1ccccc1. The number of nitrogens with one attached hydrogen (secondary N) is 1. The molecule has 0 saturated carbocycles. The normalized spacial score (nSPS) is 12.0. The lowest BCUT2D eigenvalue weighted by Gasteiger charge is -2.14. The Hall–Kier alpha value is -4.73. The number of aliphatic carboxylic acids is 1. The summed E-state index contributed by atoms with van der Waals surface area (Å²) >= 11 is 0.